The molecule has 0 bridgehead atoms. The van der Waals surface area contributed by atoms with Gasteiger partial charge in [-0.1, -0.05) is 6.07 Å². The molecule has 0 saturated carbocycles. The van der Waals surface area contributed by atoms with Crippen molar-refractivity contribution in [3.63, 3.8) is 0 Å². The molecular weight excluding hydrogens is 380 g/mol. The van der Waals surface area contributed by atoms with Crippen molar-refractivity contribution in [3.05, 3.63) is 54.5 Å². The molecule has 0 saturated heterocycles. The third kappa shape index (κ3) is 3.88. The van der Waals surface area contributed by atoms with E-state index >= 15 is 0 Å². The van der Waals surface area contributed by atoms with E-state index in [1.807, 2.05) is 31.2 Å². The molecule has 150 valence electrons. The molecule has 4 heterocycles. The number of nitrogens with zero attached hydrogens (tertiary/aromatic N) is 3. The summed E-state index contributed by atoms with van der Waals surface area (Å²) in [5.41, 5.74) is 6.35. The van der Waals surface area contributed by atoms with Crippen LogP contribution in [0, 0.1) is 6.92 Å². The van der Waals surface area contributed by atoms with E-state index in [1.165, 1.54) is 13.8 Å². The molecule has 2 amide bonds. The minimum atomic E-state index is -0.196. The molecule has 8 heteroatoms. The number of aryl methyl sites for hydroxylation is 1. The highest BCUT2D eigenvalue weighted by Gasteiger charge is 2.18. The Balaban J connectivity index is 1.93. The number of hydrogen-bond donors (Lipinski definition) is 3. The van der Waals surface area contributed by atoms with Crippen molar-refractivity contribution >= 4 is 34.4 Å². The number of aromatic nitrogens is 4. The topological polar surface area (TPSA) is 113 Å². The smallest absolute Gasteiger partial charge is 0.222 e. The fourth-order valence-electron chi connectivity index (χ4n) is 3.26. The molecule has 0 radical (unpaired) electrons. The highest BCUT2D eigenvalue weighted by Crippen LogP contribution is 2.37. The minimum Gasteiger partial charge on any atom is -0.353 e. The first-order chi connectivity index (χ1) is 14.4. The maximum atomic E-state index is 11.4. The Kier molecular flexibility index (Phi) is 4.97. The summed E-state index contributed by atoms with van der Waals surface area (Å²) in [6, 6.07) is 9.41. The maximum absolute atomic E-state index is 11.4. The molecule has 0 aliphatic rings. The first kappa shape index (κ1) is 19.3. The zero-order chi connectivity index (χ0) is 21.3. The van der Waals surface area contributed by atoms with Crippen molar-refractivity contribution in [1.29, 1.82) is 0 Å². The molecule has 3 N–H and O–H groups in total. The molecule has 0 unspecified atom stereocenters. The second-order valence-electron chi connectivity index (χ2n) is 7.01. The van der Waals surface area contributed by atoms with Crippen LogP contribution in [0.2, 0.25) is 0 Å². The van der Waals surface area contributed by atoms with E-state index in [2.05, 4.69) is 30.6 Å². The summed E-state index contributed by atoms with van der Waals surface area (Å²) in [5, 5.41) is 5.45. The highest BCUT2D eigenvalue weighted by atomic mass is 16.2. The Morgan fingerprint density at radius 3 is 2.43 bits per heavy atom. The van der Waals surface area contributed by atoms with Gasteiger partial charge >= 0.3 is 0 Å². The van der Waals surface area contributed by atoms with Crippen LogP contribution in [0.4, 0.5) is 11.5 Å². The summed E-state index contributed by atoms with van der Waals surface area (Å²) in [6.07, 6.45) is 5.06. The van der Waals surface area contributed by atoms with Crippen LogP contribution in [0.1, 0.15) is 19.4 Å². The molecule has 0 spiro atoms. The van der Waals surface area contributed by atoms with Crippen LogP contribution in [-0.4, -0.2) is 31.8 Å². The lowest BCUT2D eigenvalue weighted by Gasteiger charge is -2.07. The molecule has 0 atom stereocenters. The molecule has 0 aliphatic heterocycles. The Bertz CT molecular complexity index is 1260. The van der Waals surface area contributed by atoms with Crippen molar-refractivity contribution in [1.82, 2.24) is 19.9 Å². The average Bonchev–Trinajstić information content (AvgIpc) is 3.06. The van der Waals surface area contributed by atoms with E-state index in [9.17, 15) is 9.59 Å². The predicted octanol–water partition coefficient (Wildman–Crippen LogP) is 3.91. The number of pyridine rings is 3. The molecule has 4 rings (SSSR count). The first-order valence-electron chi connectivity index (χ1n) is 9.37. The summed E-state index contributed by atoms with van der Waals surface area (Å²) in [7, 11) is 0. The lowest BCUT2D eigenvalue weighted by molar-refractivity contribution is -0.115. The van der Waals surface area contributed by atoms with E-state index < -0.39 is 0 Å². The molecule has 4 aromatic heterocycles. The van der Waals surface area contributed by atoms with Crippen molar-refractivity contribution in [2.24, 2.45) is 0 Å². The Hall–Kier alpha value is -4.07. The Labute approximate surface area is 172 Å². The standard InChI is InChI=1S/C22H20N6O2/c1-12-4-5-17(24-10-12)20-21(15-6-7-23-19(8-15)27-14(3)30)28-18-9-16(26-13(2)29)11-25-22(18)20/h4-11,28H,1-3H3,(H,26,29)(H,23,27,30). The van der Waals surface area contributed by atoms with E-state index in [-0.39, 0.29) is 11.8 Å². The van der Waals surface area contributed by atoms with Gasteiger partial charge in [0.2, 0.25) is 11.8 Å². The second kappa shape index (κ2) is 7.75. The Morgan fingerprint density at radius 2 is 1.73 bits per heavy atom. The number of rotatable bonds is 4. The number of hydrogen-bond acceptors (Lipinski definition) is 5. The van der Waals surface area contributed by atoms with Crippen LogP contribution < -0.4 is 10.6 Å². The minimum absolute atomic E-state index is 0.169. The zero-order valence-electron chi connectivity index (χ0n) is 16.8. The van der Waals surface area contributed by atoms with Crippen molar-refractivity contribution < 1.29 is 9.59 Å². The van der Waals surface area contributed by atoms with Gasteiger partial charge in [-0.2, -0.15) is 0 Å². The van der Waals surface area contributed by atoms with Crippen molar-refractivity contribution in [2.75, 3.05) is 10.6 Å². The molecule has 0 fully saturated rings. The first-order valence-corrected chi connectivity index (χ1v) is 9.37. The van der Waals surface area contributed by atoms with E-state index in [0.29, 0.717) is 11.5 Å². The predicted molar refractivity (Wildman–Crippen MR) is 116 cm³/mol. The van der Waals surface area contributed by atoms with E-state index in [4.69, 9.17) is 0 Å². The summed E-state index contributed by atoms with van der Waals surface area (Å²) < 4.78 is 0. The van der Waals surface area contributed by atoms with Crippen molar-refractivity contribution in [3.8, 4) is 22.5 Å². The van der Waals surface area contributed by atoms with Crippen molar-refractivity contribution in [2.45, 2.75) is 20.8 Å². The summed E-state index contributed by atoms with van der Waals surface area (Å²) in [6.45, 7) is 4.87. The number of H-pyrrole nitrogens is 1. The lowest BCUT2D eigenvalue weighted by atomic mass is 10.0. The number of carbonyl (C=O) groups is 2. The normalized spacial score (nSPS) is 10.8. The van der Waals surface area contributed by atoms with Crippen LogP contribution in [0.15, 0.2) is 48.9 Å². The van der Waals surface area contributed by atoms with Gasteiger partial charge in [0.15, 0.2) is 0 Å². The molecule has 0 aliphatic carbocycles. The molecule has 30 heavy (non-hydrogen) atoms. The van der Waals surface area contributed by atoms with E-state index in [1.54, 1.807) is 24.7 Å². The molecular formula is C22H20N6O2. The van der Waals surface area contributed by atoms with Gasteiger partial charge in [0, 0.05) is 31.8 Å². The summed E-state index contributed by atoms with van der Waals surface area (Å²) in [4.78, 5) is 39.6. The number of anilines is 2. The Morgan fingerprint density at radius 1 is 0.933 bits per heavy atom. The lowest BCUT2D eigenvalue weighted by Crippen LogP contribution is -2.07. The summed E-state index contributed by atoms with van der Waals surface area (Å²) in [5.74, 6) is 0.0872. The highest BCUT2D eigenvalue weighted by molar-refractivity contribution is 6.02. The number of aromatic amines is 1. The van der Waals surface area contributed by atoms with Crippen LogP contribution in [0.5, 0.6) is 0 Å². The number of nitrogens with one attached hydrogen (secondary N) is 3. The third-order valence-corrected chi connectivity index (χ3v) is 4.47. The third-order valence-electron chi connectivity index (χ3n) is 4.47. The zero-order valence-corrected chi connectivity index (χ0v) is 16.8. The van der Waals surface area contributed by atoms with Gasteiger partial charge in [-0.15, -0.1) is 0 Å². The van der Waals surface area contributed by atoms with Gasteiger partial charge in [0.1, 0.15) is 5.82 Å². The molecule has 0 aromatic carbocycles. The van der Waals surface area contributed by atoms with Gasteiger partial charge in [-0.05, 0) is 36.8 Å². The number of amides is 2. The SMILES string of the molecule is CC(=O)Nc1cnc2c(-c3ccc(C)cn3)c(-c3ccnc(NC(C)=O)c3)[nH]c2c1. The van der Waals surface area contributed by atoms with Gasteiger partial charge < -0.3 is 15.6 Å². The quantitative estimate of drug-likeness (QED) is 0.481. The molecule has 4 aromatic rings. The van der Waals surface area contributed by atoms with Crippen LogP contribution in [-0.2, 0) is 9.59 Å². The van der Waals surface area contributed by atoms with Gasteiger partial charge in [0.05, 0.1) is 39.9 Å². The maximum Gasteiger partial charge on any atom is 0.222 e. The fraction of sp³-hybridized carbons (Fsp3) is 0.136. The van der Waals surface area contributed by atoms with Gasteiger partial charge in [-0.25, -0.2) is 4.98 Å². The fourth-order valence-corrected chi connectivity index (χ4v) is 3.26. The molecule has 8 nitrogen and oxygen atoms in total. The number of fused-ring (bicyclic) bond motifs is 1. The van der Waals surface area contributed by atoms with Crippen LogP contribution in [0.25, 0.3) is 33.5 Å². The average molecular weight is 400 g/mol. The number of carbonyl (C=O) groups excluding carboxylic acids is 2. The van der Waals surface area contributed by atoms with Crippen LogP contribution >= 0.6 is 0 Å². The largest absolute Gasteiger partial charge is 0.353 e. The summed E-state index contributed by atoms with van der Waals surface area (Å²) >= 11 is 0. The van der Waals surface area contributed by atoms with Gasteiger partial charge in [0.25, 0.3) is 0 Å². The monoisotopic (exact) mass is 400 g/mol. The van der Waals surface area contributed by atoms with Gasteiger partial charge in [-0.3, -0.25) is 19.6 Å². The van der Waals surface area contributed by atoms with E-state index in [0.717, 1.165) is 39.1 Å². The second-order valence-corrected chi connectivity index (χ2v) is 7.01. The van der Waals surface area contributed by atoms with Crippen LogP contribution in [0.3, 0.4) is 0 Å².